The Bertz CT molecular complexity index is 1230. The molecule has 1 saturated heterocycles. The number of carbonyl (C=O) groups is 1. The van der Waals surface area contributed by atoms with Crippen molar-refractivity contribution in [2.45, 2.75) is 83.8 Å². The van der Waals surface area contributed by atoms with Crippen LogP contribution in [0.15, 0.2) is 30.6 Å². The van der Waals surface area contributed by atoms with E-state index in [2.05, 4.69) is 53.9 Å². The lowest BCUT2D eigenvalue weighted by atomic mass is 9.49. The predicted molar refractivity (Wildman–Crippen MR) is 146 cm³/mol. The molecule has 39 heavy (non-hydrogen) atoms. The van der Waals surface area contributed by atoms with Gasteiger partial charge in [-0.15, -0.1) is 0 Å². The summed E-state index contributed by atoms with van der Waals surface area (Å²) in [5.74, 6) is 0.343. The first kappa shape index (κ1) is 27.6. The Balaban J connectivity index is 1.14. The van der Waals surface area contributed by atoms with Gasteiger partial charge in [-0.1, -0.05) is 39.3 Å². The zero-order valence-electron chi connectivity index (χ0n) is 22.9. The molecule has 3 fully saturated rings. The number of halogens is 1. The fourth-order valence-corrected chi connectivity index (χ4v) is 6.85. The van der Waals surface area contributed by atoms with E-state index in [-0.39, 0.29) is 47.1 Å². The van der Waals surface area contributed by atoms with Gasteiger partial charge in [0.15, 0.2) is 0 Å². The lowest BCUT2D eigenvalue weighted by Crippen LogP contribution is -2.74. The third kappa shape index (κ3) is 5.43. The summed E-state index contributed by atoms with van der Waals surface area (Å²) >= 11 is 6.19. The van der Waals surface area contributed by atoms with Gasteiger partial charge in [0.2, 0.25) is 0 Å². The summed E-state index contributed by atoms with van der Waals surface area (Å²) in [7, 11) is 0. The summed E-state index contributed by atoms with van der Waals surface area (Å²) in [6, 6.07) is 7.71. The lowest BCUT2D eigenvalue weighted by molar-refractivity contribution is -0.164. The molecule has 0 atom stereocenters. The molecule has 0 spiro atoms. The molecular weight excluding hydrogens is 518 g/mol. The van der Waals surface area contributed by atoms with Crippen LogP contribution in [0, 0.1) is 22.2 Å². The first-order valence-electron chi connectivity index (χ1n) is 13.6. The van der Waals surface area contributed by atoms with E-state index in [1.54, 1.807) is 18.2 Å². The molecule has 3 aliphatic rings. The molecule has 208 valence electrons. The highest BCUT2D eigenvalue weighted by Gasteiger charge is 2.64. The summed E-state index contributed by atoms with van der Waals surface area (Å²) in [6.07, 6.45) is 6.25. The number of benzene rings is 1. The molecule has 2 saturated carbocycles. The van der Waals surface area contributed by atoms with E-state index in [0.717, 1.165) is 38.8 Å². The first-order chi connectivity index (χ1) is 18.5. The van der Waals surface area contributed by atoms with Crippen molar-refractivity contribution < 1.29 is 19.4 Å². The molecule has 1 aliphatic heterocycles. The fraction of sp³-hybridized carbons (Fsp3) is 0.586. The first-order valence-corrected chi connectivity index (χ1v) is 13.9. The van der Waals surface area contributed by atoms with Crippen molar-refractivity contribution in [3.8, 4) is 17.8 Å². The van der Waals surface area contributed by atoms with Crippen molar-refractivity contribution in [2.24, 2.45) is 10.8 Å². The summed E-state index contributed by atoms with van der Waals surface area (Å²) in [6.45, 7) is 10.1. The number of nitriles is 1. The number of hydrogen-bond donors (Lipinski definition) is 2. The van der Waals surface area contributed by atoms with E-state index in [1.165, 1.54) is 12.4 Å². The molecule has 0 unspecified atom stereocenters. The standard InChI is InChI=1S/C29H36ClN5O4/c1-28(2)25(29(3,4)26(28)38-21-6-5-17(14-31)23(30)13-21)34-24(37)18-15-32-27(33-16-18)39-22-11-19(12-22)35-9-7-20(36)8-10-35/h5-6,13,15-16,19-20,22,25-26,36H,7-12H2,1-4H3,(H,34,37). The predicted octanol–water partition coefficient (Wildman–Crippen LogP) is 3.98. The van der Waals surface area contributed by atoms with Gasteiger partial charge in [-0.3, -0.25) is 9.69 Å². The minimum absolute atomic E-state index is 0.0704. The van der Waals surface area contributed by atoms with E-state index in [0.29, 0.717) is 27.9 Å². The van der Waals surface area contributed by atoms with Gasteiger partial charge >= 0.3 is 6.01 Å². The highest BCUT2D eigenvalue weighted by Crippen LogP contribution is 2.55. The average Bonchev–Trinajstić information content (AvgIpc) is 2.88. The fourth-order valence-electron chi connectivity index (χ4n) is 6.64. The van der Waals surface area contributed by atoms with Gasteiger partial charge in [0.25, 0.3) is 5.91 Å². The molecule has 0 radical (unpaired) electrons. The number of hydrogen-bond acceptors (Lipinski definition) is 8. The number of aliphatic hydroxyl groups excluding tert-OH is 1. The number of carbonyl (C=O) groups excluding carboxylic acids is 1. The minimum atomic E-state index is -0.364. The molecule has 5 rings (SSSR count). The normalized spacial score (nSPS) is 27.9. The van der Waals surface area contributed by atoms with Gasteiger partial charge in [-0.2, -0.15) is 5.26 Å². The number of ether oxygens (including phenoxy) is 2. The SMILES string of the molecule is CC1(C)C(NC(=O)c2cnc(OC3CC(N4CCC(O)CC4)C3)nc2)C(C)(C)C1Oc1ccc(C#N)c(Cl)c1. The van der Waals surface area contributed by atoms with Crippen LogP contribution < -0.4 is 14.8 Å². The number of rotatable bonds is 7. The number of piperidine rings is 1. The highest BCUT2D eigenvalue weighted by molar-refractivity contribution is 6.31. The van der Waals surface area contributed by atoms with Crippen LogP contribution in [0.5, 0.6) is 11.8 Å². The van der Waals surface area contributed by atoms with Crippen molar-refractivity contribution in [1.29, 1.82) is 5.26 Å². The zero-order valence-corrected chi connectivity index (χ0v) is 23.6. The van der Waals surface area contributed by atoms with Crippen LogP contribution in [0.25, 0.3) is 0 Å². The minimum Gasteiger partial charge on any atom is -0.489 e. The second-order valence-electron chi connectivity index (χ2n) is 12.2. The van der Waals surface area contributed by atoms with Crippen LogP contribution in [0.4, 0.5) is 0 Å². The Morgan fingerprint density at radius 3 is 2.36 bits per heavy atom. The second-order valence-corrected chi connectivity index (χ2v) is 12.6. The van der Waals surface area contributed by atoms with Gasteiger partial charge < -0.3 is 19.9 Å². The maximum atomic E-state index is 13.1. The number of nitrogens with zero attached hydrogens (tertiary/aromatic N) is 4. The van der Waals surface area contributed by atoms with Gasteiger partial charge in [-0.05, 0) is 25.0 Å². The molecule has 1 aromatic carbocycles. The van der Waals surface area contributed by atoms with Crippen molar-refractivity contribution in [1.82, 2.24) is 20.2 Å². The molecule has 2 N–H and O–H groups in total. The molecule has 9 nitrogen and oxygen atoms in total. The third-order valence-electron chi connectivity index (χ3n) is 8.68. The molecule has 1 aromatic heterocycles. The lowest BCUT2D eigenvalue weighted by Gasteiger charge is -2.63. The van der Waals surface area contributed by atoms with Crippen molar-refractivity contribution in [3.05, 3.63) is 46.7 Å². The van der Waals surface area contributed by atoms with Gasteiger partial charge in [0.1, 0.15) is 24.0 Å². The number of aliphatic hydroxyl groups is 1. The Kier molecular flexibility index (Phi) is 7.49. The summed E-state index contributed by atoms with van der Waals surface area (Å²) in [5, 5.41) is 22.3. The Labute approximate surface area is 234 Å². The van der Waals surface area contributed by atoms with E-state index >= 15 is 0 Å². The maximum Gasteiger partial charge on any atom is 0.316 e. The molecule has 2 heterocycles. The summed E-state index contributed by atoms with van der Waals surface area (Å²) in [5.41, 5.74) is 0.0409. The number of likely N-dealkylation sites (tertiary alicyclic amines) is 1. The quantitative estimate of drug-likeness (QED) is 0.528. The molecule has 2 aliphatic carbocycles. The summed E-state index contributed by atoms with van der Waals surface area (Å²) < 4.78 is 12.2. The monoisotopic (exact) mass is 553 g/mol. The van der Waals surface area contributed by atoms with Crippen LogP contribution in [-0.2, 0) is 0 Å². The average molecular weight is 554 g/mol. The van der Waals surface area contributed by atoms with Crippen LogP contribution in [0.2, 0.25) is 5.02 Å². The Hall–Kier alpha value is -2.93. The Morgan fingerprint density at radius 2 is 1.77 bits per heavy atom. The third-order valence-corrected chi connectivity index (χ3v) is 8.99. The van der Waals surface area contributed by atoms with Gasteiger partial charge in [-0.25, -0.2) is 9.97 Å². The van der Waals surface area contributed by atoms with Crippen molar-refractivity contribution in [3.63, 3.8) is 0 Å². The Morgan fingerprint density at radius 1 is 1.13 bits per heavy atom. The zero-order chi connectivity index (χ0) is 27.9. The van der Waals surface area contributed by atoms with Crippen LogP contribution in [0.3, 0.4) is 0 Å². The van der Waals surface area contributed by atoms with E-state index in [1.807, 2.05) is 0 Å². The number of aromatic nitrogens is 2. The molecule has 2 aromatic rings. The molecule has 1 amide bonds. The van der Waals surface area contributed by atoms with Crippen molar-refractivity contribution in [2.75, 3.05) is 13.1 Å². The molecule has 0 bridgehead atoms. The number of nitrogens with one attached hydrogen (secondary N) is 1. The number of amides is 1. The maximum absolute atomic E-state index is 13.1. The highest BCUT2D eigenvalue weighted by atomic mass is 35.5. The largest absolute Gasteiger partial charge is 0.489 e. The van der Waals surface area contributed by atoms with Gasteiger partial charge in [0.05, 0.1) is 22.3 Å². The second kappa shape index (κ2) is 10.6. The van der Waals surface area contributed by atoms with Crippen LogP contribution in [0.1, 0.15) is 69.3 Å². The smallest absolute Gasteiger partial charge is 0.316 e. The van der Waals surface area contributed by atoms with Crippen molar-refractivity contribution >= 4 is 17.5 Å². The van der Waals surface area contributed by atoms with Gasteiger partial charge in [0, 0.05) is 67.3 Å². The van der Waals surface area contributed by atoms with E-state index in [4.69, 9.17) is 26.3 Å². The van der Waals surface area contributed by atoms with E-state index < -0.39 is 0 Å². The molecule has 10 heteroatoms. The summed E-state index contributed by atoms with van der Waals surface area (Å²) in [4.78, 5) is 24.1. The van der Waals surface area contributed by atoms with Crippen LogP contribution >= 0.6 is 11.6 Å². The van der Waals surface area contributed by atoms with Crippen LogP contribution in [-0.4, -0.2) is 69.4 Å². The molecular formula is C29H36ClN5O4. The topological polar surface area (TPSA) is 121 Å². The van der Waals surface area contributed by atoms with E-state index in [9.17, 15) is 9.90 Å².